The zero-order valence-electron chi connectivity index (χ0n) is 24.8. The van der Waals surface area contributed by atoms with Crippen molar-refractivity contribution < 1.29 is 43.3 Å². The van der Waals surface area contributed by atoms with E-state index in [4.69, 9.17) is 14.2 Å². The molecule has 1 aromatic heterocycles. The Hall–Kier alpha value is -3.32. The van der Waals surface area contributed by atoms with E-state index in [1.165, 1.54) is 17.2 Å². The first-order chi connectivity index (χ1) is 19.7. The summed E-state index contributed by atoms with van der Waals surface area (Å²) in [6.45, 7) is 10.9. The maximum Gasteiger partial charge on any atom is 0.410 e. The number of thiazole rings is 1. The molecular weight excluding hydrogens is 566 g/mol. The fraction of sp³-hybridized carbons (Fsp3) is 0.655. The molecule has 42 heavy (non-hydrogen) atoms. The second-order valence-electron chi connectivity index (χ2n) is 12.2. The first-order valence-corrected chi connectivity index (χ1v) is 15.1. The van der Waals surface area contributed by atoms with Gasteiger partial charge in [-0.25, -0.2) is 14.6 Å². The highest BCUT2D eigenvalue weighted by Crippen LogP contribution is 2.45. The molecule has 0 aliphatic carbocycles. The van der Waals surface area contributed by atoms with Gasteiger partial charge in [-0.1, -0.05) is 26.0 Å². The summed E-state index contributed by atoms with van der Waals surface area (Å²) in [4.78, 5) is 69.9. The predicted molar refractivity (Wildman–Crippen MR) is 150 cm³/mol. The molecule has 2 fully saturated rings. The number of unbranched alkanes of at least 4 members (excludes halogenated alkanes) is 1. The molecule has 3 aliphatic rings. The van der Waals surface area contributed by atoms with Gasteiger partial charge in [0.05, 0.1) is 24.0 Å². The zero-order valence-corrected chi connectivity index (χ0v) is 25.6. The lowest BCUT2D eigenvalue weighted by Gasteiger charge is -2.37. The van der Waals surface area contributed by atoms with Crippen molar-refractivity contribution in [3.8, 4) is 0 Å². The molecule has 0 spiro atoms. The summed E-state index contributed by atoms with van der Waals surface area (Å²) in [7, 11) is 0. The number of carbonyl (C=O) groups is 5. The van der Waals surface area contributed by atoms with E-state index in [1.807, 2.05) is 26.0 Å². The van der Waals surface area contributed by atoms with Crippen LogP contribution in [0.15, 0.2) is 17.5 Å². The van der Waals surface area contributed by atoms with Gasteiger partial charge in [0.15, 0.2) is 11.8 Å². The van der Waals surface area contributed by atoms with Crippen molar-refractivity contribution in [2.75, 3.05) is 13.1 Å². The fourth-order valence-electron chi connectivity index (χ4n) is 5.76. The van der Waals surface area contributed by atoms with Gasteiger partial charge in [0.1, 0.15) is 10.6 Å². The first kappa shape index (κ1) is 31.6. The standard InChI is InChI=1S/C29H39N3O9S/c1-15(2)18(13-21(39-16(3)33)24-30-17(14-42-24)27(36)37)31(28(38)41-29(4,5)6)11-7-8-12-32-25(34)22-19-9-10-20(40-19)23(22)26(32)35/h9-10,14-15,18-23H,7-8,11-13H2,1-6H3,(H,36,37)/t18-,19?,20?,21-,22?,23?/m1/s1. The summed E-state index contributed by atoms with van der Waals surface area (Å²) >= 11 is 1.07. The highest BCUT2D eigenvalue weighted by molar-refractivity contribution is 7.09. The molecule has 0 saturated carbocycles. The number of carbonyl (C=O) groups excluding carboxylic acids is 4. The maximum atomic E-state index is 13.5. The van der Waals surface area contributed by atoms with Gasteiger partial charge in [0.2, 0.25) is 11.8 Å². The number of hydrogen-bond acceptors (Lipinski definition) is 10. The topological polar surface area (TPSA) is 153 Å². The van der Waals surface area contributed by atoms with Gasteiger partial charge < -0.3 is 24.2 Å². The molecule has 1 aromatic rings. The van der Waals surface area contributed by atoms with Crippen LogP contribution in [0, 0.1) is 17.8 Å². The molecule has 0 radical (unpaired) electrons. The summed E-state index contributed by atoms with van der Waals surface area (Å²) in [6, 6.07) is -0.463. The van der Waals surface area contributed by atoms with Gasteiger partial charge >= 0.3 is 18.0 Å². The lowest BCUT2D eigenvalue weighted by Crippen LogP contribution is -2.47. The molecule has 0 aromatic carbocycles. The zero-order chi connectivity index (χ0) is 30.9. The van der Waals surface area contributed by atoms with E-state index < -0.39 is 47.6 Å². The van der Waals surface area contributed by atoms with Crippen molar-refractivity contribution in [2.24, 2.45) is 17.8 Å². The Balaban J connectivity index is 1.47. The number of rotatable bonds is 12. The minimum atomic E-state index is -1.19. The summed E-state index contributed by atoms with van der Waals surface area (Å²) in [5.74, 6) is -3.18. The number of aromatic carboxylic acids is 1. The Bertz CT molecular complexity index is 1220. The molecule has 2 bridgehead atoms. The predicted octanol–water partition coefficient (Wildman–Crippen LogP) is 3.82. The third kappa shape index (κ3) is 6.83. The number of nitrogens with zero attached hydrogens (tertiary/aromatic N) is 3. The minimum Gasteiger partial charge on any atom is -0.476 e. The normalized spacial score (nSPS) is 24.2. The Morgan fingerprint density at radius 2 is 1.74 bits per heavy atom. The van der Waals surface area contributed by atoms with Crippen molar-refractivity contribution in [1.82, 2.24) is 14.8 Å². The number of carboxylic acids is 1. The molecular formula is C29H39N3O9S. The lowest BCUT2D eigenvalue weighted by molar-refractivity contribution is -0.148. The van der Waals surface area contributed by atoms with Crippen molar-refractivity contribution in [2.45, 2.75) is 90.8 Å². The highest BCUT2D eigenvalue weighted by atomic mass is 32.1. The first-order valence-electron chi connectivity index (χ1n) is 14.2. The highest BCUT2D eigenvalue weighted by Gasteiger charge is 2.60. The minimum absolute atomic E-state index is 0.0985. The molecule has 1 N–H and O–H groups in total. The van der Waals surface area contributed by atoms with Crippen LogP contribution in [-0.4, -0.2) is 86.7 Å². The van der Waals surface area contributed by atoms with E-state index >= 15 is 0 Å². The van der Waals surface area contributed by atoms with Crippen LogP contribution in [0.1, 0.15) is 82.4 Å². The largest absolute Gasteiger partial charge is 0.476 e. The van der Waals surface area contributed by atoms with E-state index in [-0.39, 0.29) is 55.1 Å². The van der Waals surface area contributed by atoms with E-state index in [9.17, 15) is 29.1 Å². The smallest absolute Gasteiger partial charge is 0.410 e. The van der Waals surface area contributed by atoms with Crippen molar-refractivity contribution in [3.63, 3.8) is 0 Å². The number of hydrogen-bond donors (Lipinski definition) is 1. The Kier molecular flexibility index (Phi) is 9.41. The van der Waals surface area contributed by atoms with Crippen molar-refractivity contribution in [1.29, 1.82) is 0 Å². The molecule has 2 saturated heterocycles. The molecule has 230 valence electrons. The molecule has 4 unspecified atom stereocenters. The molecule has 4 heterocycles. The SMILES string of the molecule is CC(=O)O[C@H](C[C@H](C(C)C)N(CCCCN1C(=O)C2C3C=CC(O3)C2C1=O)C(=O)OC(C)(C)C)c1nc(C(=O)O)cs1. The van der Waals surface area contributed by atoms with Crippen molar-refractivity contribution in [3.05, 3.63) is 28.2 Å². The molecule has 4 rings (SSSR count). The number of fused-ring (bicyclic) bond motifs is 5. The van der Waals surface area contributed by atoms with Crippen LogP contribution in [0.25, 0.3) is 0 Å². The van der Waals surface area contributed by atoms with Gasteiger partial charge in [-0.05, 0) is 39.5 Å². The summed E-state index contributed by atoms with van der Waals surface area (Å²) in [5.41, 5.74) is -0.915. The van der Waals surface area contributed by atoms with E-state index in [0.29, 0.717) is 17.8 Å². The van der Waals surface area contributed by atoms with E-state index in [1.54, 1.807) is 25.7 Å². The van der Waals surface area contributed by atoms with Crippen LogP contribution in [0.2, 0.25) is 0 Å². The quantitative estimate of drug-likeness (QED) is 0.161. The van der Waals surface area contributed by atoms with Gasteiger partial charge in [-0.3, -0.25) is 19.3 Å². The maximum absolute atomic E-state index is 13.5. The Morgan fingerprint density at radius 1 is 1.12 bits per heavy atom. The van der Waals surface area contributed by atoms with E-state index in [0.717, 1.165) is 11.3 Å². The number of amides is 3. The molecule has 13 heteroatoms. The lowest BCUT2D eigenvalue weighted by atomic mass is 9.85. The average molecular weight is 606 g/mol. The summed E-state index contributed by atoms with van der Waals surface area (Å²) in [5, 5.41) is 11.0. The number of likely N-dealkylation sites (tertiary alicyclic amines) is 1. The van der Waals surface area contributed by atoms with Crippen LogP contribution in [-0.2, 0) is 28.6 Å². The van der Waals surface area contributed by atoms with Crippen molar-refractivity contribution >= 4 is 41.2 Å². The number of carboxylic acid groups (broad SMARTS) is 1. The third-order valence-corrected chi connectivity index (χ3v) is 8.55. The molecule has 3 aliphatic heterocycles. The second kappa shape index (κ2) is 12.5. The number of esters is 1. The van der Waals surface area contributed by atoms with Gasteiger partial charge in [-0.15, -0.1) is 11.3 Å². The molecule has 6 atom stereocenters. The third-order valence-electron chi connectivity index (χ3n) is 7.61. The van der Waals surface area contributed by atoms with Crippen LogP contribution in [0.3, 0.4) is 0 Å². The van der Waals surface area contributed by atoms with E-state index in [2.05, 4.69) is 4.98 Å². The van der Waals surface area contributed by atoms with Gasteiger partial charge in [0, 0.05) is 37.9 Å². The Morgan fingerprint density at radius 3 is 2.24 bits per heavy atom. The fourth-order valence-corrected chi connectivity index (χ4v) is 6.60. The Labute approximate surface area is 249 Å². The second-order valence-corrected chi connectivity index (χ2v) is 13.1. The average Bonchev–Trinajstić information content (AvgIpc) is 3.66. The van der Waals surface area contributed by atoms with Gasteiger partial charge in [0.25, 0.3) is 0 Å². The monoisotopic (exact) mass is 605 g/mol. The summed E-state index contributed by atoms with van der Waals surface area (Å²) < 4.78 is 17.0. The van der Waals surface area contributed by atoms with Gasteiger partial charge in [-0.2, -0.15) is 0 Å². The van der Waals surface area contributed by atoms with Crippen LogP contribution in [0.4, 0.5) is 4.79 Å². The summed E-state index contributed by atoms with van der Waals surface area (Å²) in [6.07, 6.45) is 2.73. The van der Waals surface area contributed by atoms with Crippen LogP contribution in [0.5, 0.6) is 0 Å². The number of aromatic nitrogens is 1. The molecule has 3 amide bonds. The van der Waals surface area contributed by atoms with Crippen LogP contribution >= 0.6 is 11.3 Å². The number of imide groups is 1. The number of ether oxygens (including phenoxy) is 3. The molecule has 12 nitrogen and oxygen atoms in total. The van der Waals surface area contributed by atoms with Crippen LogP contribution < -0.4 is 0 Å².